The van der Waals surface area contributed by atoms with Crippen LogP contribution in [0.4, 0.5) is 5.69 Å². The van der Waals surface area contributed by atoms with E-state index in [9.17, 15) is 9.59 Å². The summed E-state index contributed by atoms with van der Waals surface area (Å²) in [5, 5.41) is 3.23. The second kappa shape index (κ2) is 8.13. The van der Waals surface area contributed by atoms with Crippen molar-refractivity contribution in [2.45, 2.75) is 17.3 Å². The number of hydrogen-bond acceptors (Lipinski definition) is 6. The minimum absolute atomic E-state index is 0.231. The number of nitrogens with one attached hydrogen (secondary N) is 2. The van der Waals surface area contributed by atoms with E-state index >= 15 is 0 Å². The highest BCUT2D eigenvalue weighted by Crippen LogP contribution is 2.30. The number of benzene rings is 2. The third kappa shape index (κ3) is 4.22. The number of carbonyl (C=O) groups excluding carboxylic acids is 1. The lowest BCUT2D eigenvalue weighted by Gasteiger charge is -2.15. The molecule has 0 spiro atoms. The number of aromatic nitrogens is 2. The Labute approximate surface area is 160 Å². The molecule has 1 heterocycles. The van der Waals surface area contributed by atoms with Crippen LogP contribution in [-0.2, 0) is 4.79 Å². The molecular formula is C19H19N3O4S. The van der Waals surface area contributed by atoms with Gasteiger partial charge in [0.1, 0.15) is 11.5 Å². The van der Waals surface area contributed by atoms with Gasteiger partial charge in [-0.25, -0.2) is 4.98 Å². The molecule has 3 aromatic rings. The van der Waals surface area contributed by atoms with Crippen LogP contribution in [-0.4, -0.2) is 35.3 Å². The second-order valence-corrected chi connectivity index (χ2v) is 7.03. The van der Waals surface area contributed by atoms with Crippen molar-refractivity contribution >= 4 is 34.3 Å². The van der Waals surface area contributed by atoms with Crippen molar-refractivity contribution in [1.82, 2.24) is 9.97 Å². The smallest absolute Gasteiger partial charge is 0.259 e. The number of rotatable bonds is 6. The van der Waals surface area contributed by atoms with Crippen LogP contribution >= 0.6 is 11.8 Å². The minimum atomic E-state index is -0.495. The van der Waals surface area contributed by atoms with E-state index in [1.165, 1.54) is 18.9 Å². The van der Waals surface area contributed by atoms with E-state index in [1.54, 1.807) is 50.4 Å². The second-order valence-electron chi connectivity index (χ2n) is 5.70. The first-order valence-electron chi connectivity index (χ1n) is 8.20. The van der Waals surface area contributed by atoms with Gasteiger partial charge in [0.2, 0.25) is 5.91 Å². The Morgan fingerprint density at radius 1 is 1.19 bits per heavy atom. The minimum Gasteiger partial charge on any atom is -0.497 e. The normalized spacial score (nSPS) is 11.8. The molecule has 7 nitrogen and oxygen atoms in total. The predicted molar refractivity (Wildman–Crippen MR) is 106 cm³/mol. The predicted octanol–water partition coefficient (Wildman–Crippen LogP) is 3.06. The highest BCUT2D eigenvalue weighted by Gasteiger charge is 2.18. The molecule has 1 unspecified atom stereocenters. The van der Waals surface area contributed by atoms with Crippen LogP contribution in [0.3, 0.4) is 0 Å². The van der Waals surface area contributed by atoms with Gasteiger partial charge in [-0.3, -0.25) is 9.59 Å². The molecule has 0 bridgehead atoms. The number of anilines is 1. The van der Waals surface area contributed by atoms with E-state index in [4.69, 9.17) is 9.47 Å². The van der Waals surface area contributed by atoms with Gasteiger partial charge in [-0.05, 0) is 31.2 Å². The van der Waals surface area contributed by atoms with Gasteiger partial charge in [0.25, 0.3) is 5.56 Å². The Kier molecular flexibility index (Phi) is 5.66. The molecule has 1 atom stereocenters. The average molecular weight is 385 g/mol. The van der Waals surface area contributed by atoms with Crippen LogP contribution in [0, 0.1) is 0 Å². The molecule has 8 heteroatoms. The zero-order valence-electron chi connectivity index (χ0n) is 15.1. The summed E-state index contributed by atoms with van der Waals surface area (Å²) in [6, 6.07) is 12.2. The lowest BCUT2D eigenvalue weighted by atomic mass is 10.2. The maximum Gasteiger partial charge on any atom is 0.259 e. The van der Waals surface area contributed by atoms with E-state index in [2.05, 4.69) is 15.3 Å². The molecule has 2 N–H and O–H groups in total. The third-order valence-electron chi connectivity index (χ3n) is 3.91. The Balaban J connectivity index is 1.78. The highest BCUT2D eigenvalue weighted by molar-refractivity contribution is 8.00. The Hall–Kier alpha value is -3.00. The van der Waals surface area contributed by atoms with Crippen molar-refractivity contribution in [3.8, 4) is 11.5 Å². The van der Waals surface area contributed by atoms with Gasteiger partial charge < -0.3 is 19.8 Å². The monoisotopic (exact) mass is 385 g/mol. The molecule has 140 valence electrons. The molecule has 3 rings (SSSR count). The number of hydrogen-bond donors (Lipinski definition) is 2. The topological polar surface area (TPSA) is 93.3 Å². The van der Waals surface area contributed by atoms with Crippen LogP contribution in [0.5, 0.6) is 11.5 Å². The summed E-state index contributed by atoms with van der Waals surface area (Å²) in [4.78, 5) is 31.9. The molecule has 0 aliphatic heterocycles. The largest absolute Gasteiger partial charge is 0.497 e. The fourth-order valence-electron chi connectivity index (χ4n) is 2.49. The summed E-state index contributed by atoms with van der Waals surface area (Å²) < 4.78 is 10.5. The SMILES string of the molecule is COc1ccc(OC)c(NC(=O)C(C)Sc2nc3ccccc3c(=O)[nH]2)c1. The lowest BCUT2D eigenvalue weighted by Crippen LogP contribution is -2.23. The number of ether oxygens (including phenoxy) is 2. The van der Waals surface area contributed by atoms with Gasteiger partial charge >= 0.3 is 0 Å². The molecule has 0 saturated carbocycles. The van der Waals surface area contributed by atoms with Crippen LogP contribution < -0.4 is 20.3 Å². The molecule has 0 saturated heterocycles. The van der Waals surface area contributed by atoms with Gasteiger partial charge in [-0.1, -0.05) is 23.9 Å². The van der Waals surface area contributed by atoms with Crippen LogP contribution in [0.25, 0.3) is 10.9 Å². The molecule has 0 aliphatic carbocycles. The number of fused-ring (bicyclic) bond motifs is 1. The summed E-state index contributed by atoms with van der Waals surface area (Å²) in [5.41, 5.74) is 0.866. The summed E-state index contributed by atoms with van der Waals surface area (Å²) >= 11 is 1.17. The van der Waals surface area contributed by atoms with Crippen LogP contribution in [0.15, 0.2) is 52.4 Å². The van der Waals surface area contributed by atoms with E-state index in [0.29, 0.717) is 33.2 Å². The highest BCUT2D eigenvalue weighted by atomic mass is 32.2. The van der Waals surface area contributed by atoms with Crippen molar-refractivity contribution < 1.29 is 14.3 Å². The summed E-state index contributed by atoms with van der Waals surface area (Å²) in [6.07, 6.45) is 0. The maximum atomic E-state index is 12.6. The number of aromatic amines is 1. The Bertz CT molecular complexity index is 1030. The number of thioether (sulfide) groups is 1. The first-order valence-corrected chi connectivity index (χ1v) is 9.08. The molecule has 27 heavy (non-hydrogen) atoms. The molecule has 0 aliphatic rings. The van der Waals surface area contributed by atoms with Crippen LogP contribution in [0.1, 0.15) is 6.92 Å². The van der Waals surface area contributed by atoms with Crippen molar-refractivity contribution in [3.05, 3.63) is 52.8 Å². The fraction of sp³-hybridized carbons (Fsp3) is 0.211. The van der Waals surface area contributed by atoms with Gasteiger partial charge in [-0.2, -0.15) is 0 Å². The molecule has 0 fully saturated rings. The summed E-state index contributed by atoms with van der Waals surface area (Å²) in [5.74, 6) is 0.882. The standard InChI is InChI=1S/C19H19N3O4S/c1-11(17(23)20-15-10-12(25-2)8-9-16(15)26-3)27-19-21-14-7-5-4-6-13(14)18(24)22-19/h4-11H,1-3H3,(H,20,23)(H,21,22,24). The first kappa shape index (κ1) is 18.8. The zero-order valence-corrected chi connectivity index (χ0v) is 15.9. The molecule has 1 amide bonds. The van der Waals surface area contributed by atoms with E-state index in [0.717, 1.165) is 0 Å². The quantitative estimate of drug-likeness (QED) is 0.500. The zero-order chi connectivity index (χ0) is 19.4. The molecule has 2 aromatic carbocycles. The lowest BCUT2D eigenvalue weighted by molar-refractivity contribution is -0.115. The Morgan fingerprint density at radius 2 is 1.96 bits per heavy atom. The van der Waals surface area contributed by atoms with Gasteiger partial charge in [0, 0.05) is 6.07 Å². The number of carbonyl (C=O) groups is 1. The summed E-state index contributed by atoms with van der Waals surface area (Å²) in [6.45, 7) is 1.74. The average Bonchev–Trinajstić information content (AvgIpc) is 2.67. The number of nitrogens with zero attached hydrogens (tertiary/aromatic N) is 1. The molecule has 0 radical (unpaired) electrons. The fourth-order valence-corrected chi connectivity index (χ4v) is 3.29. The number of amides is 1. The van der Waals surface area contributed by atoms with Crippen molar-refractivity contribution in [2.24, 2.45) is 0 Å². The van der Waals surface area contributed by atoms with Crippen molar-refractivity contribution in [1.29, 1.82) is 0 Å². The van der Waals surface area contributed by atoms with E-state index in [1.807, 2.05) is 6.07 Å². The maximum absolute atomic E-state index is 12.6. The summed E-state index contributed by atoms with van der Waals surface area (Å²) in [7, 11) is 3.08. The number of methoxy groups -OCH3 is 2. The Morgan fingerprint density at radius 3 is 2.70 bits per heavy atom. The van der Waals surface area contributed by atoms with Crippen molar-refractivity contribution in [3.63, 3.8) is 0 Å². The number of H-pyrrole nitrogens is 1. The third-order valence-corrected chi connectivity index (χ3v) is 4.90. The van der Waals surface area contributed by atoms with E-state index in [-0.39, 0.29) is 11.5 Å². The number of para-hydroxylation sites is 1. The van der Waals surface area contributed by atoms with Gasteiger partial charge in [-0.15, -0.1) is 0 Å². The van der Waals surface area contributed by atoms with Crippen molar-refractivity contribution in [2.75, 3.05) is 19.5 Å². The first-order chi connectivity index (χ1) is 13.0. The van der Waals surface area contributed by atoms with Gasteiger partial charge in [0.15, 0.2) is 5.16 Å². The molecule has 1 aromatic heterocycles. The molecular weight excluding hydrogens is 366 g/mol. The van der Waals surface area contributed by atoms with Crippen LogP contribution in [0.2, 0.25) is 0 Å². The van der Waals surface area contributed by atoms with E-state index < -0.39 is 5.25 Å². The van der Waals surface area contributed by atoms with Gasteiger partial charge in [0.05, 0.1) is 36.1 Å².